The minimum absolute atomic E-state index is 0.730. The van der Waals surface area contributed by atoms with Crippen LogP contribution >= 0.6 is 0 Å². The van der Waals surface area contributed by atoms with E-state index in [0.717, 1.165) is 12.5 Å². The van der Waals surface area contributed by atoms with E-state index in [0.29, 0.717) is 0 Å². The zero-order chi connectivity index (χ0) is 25.7. The zero-order valence-electron chi connectivity index (χ0n) is 24.5. The Kier molecular flexibility index (Phi) is 17.9. The summed E-state index contributed by atoms with van der Waals surface area (Å²) in [5, 5.41) is 2.95. The molecular weight excluding hydrogens is 431 g/mol. The fraction of sp³-hybridized carbons (Fsp3) is 0.714. The van der Waals surface area contributed by atoms with Gasteiger partial charge >= 0.3 is 0 Å². The van der Waals surface area contributed by atoms with Crippen LogP contribution in [-0.2, 0) is 0 Å². The van der Waals surface area contributed by atoms with E-state index >= 15 is 0 Å². The summed E-state index contributed by atoms with van der Waals surface area (Å²) in [6.07, 6.45) is 29.7. The Balaban J connectivity index is 2.12. The number of rotatable bonds is 23. The first-order chi connectivity index (χ1) is 17.8. The average molecular weight is 491 g/mol. The second-order valence-electron chi connectivity index (χ2n) is 11.6. The Bertz CT molecular complexity index is 745. The van der Waals surface area contributed by atoms with Gasteiger partial charge in [0.05, 0.1) is 0 Å². The summed E-state index contributed by atoms with van der Waals surface area (Å²) in [5.74, 6) is 0.730. The zero-order valence-corrected chi connectivity index (χ0v) is 24.5. The van der Waals surface area contributed by atoms with Crippen molar-refractivity contribution in [2.75, 3.05) is 0 Å². The molecule has 1 atom stereocenters. The van der Waals surface area contributed by atoms with Gasteiger partial charge in [-0.1, -0.05) is 198 Å². The average Bonchev–Trinajstić information content (AvgIpc) is 2.91. The molecule has 0 aliphatic heterocycles. The molecule has 0 spiro atoms. The van der Waals surface area contributed by atoms with E-state index in [9.17, 15) is 0 Å². The van der Waals surface area contributed by atoms with E-state index in [-0.39, 0.29) is 0 Å². The van der Waals surface area contributed by atoms with Crippen LogP contribution in [0.4, 0.5) is 0 Å². The van der Waals surface area contributed by atoms with Crippen LogP contribution in [0.15, 0.2) is 42.5 Å². The summed E-state index contributed by atoms with van der Waals surface area (Å²) < 4.78 is 0. The maximum atomic E-state index is 2.49. The van der Waals surface area contributed by atoms with Gasteiger partial charge in [-0.05, 0) is 22.2 Å². The molecule has 0 bridgehead atoms. The standard InChI is InChI=1S/C35H59B/c1-4-7-10-13-16-19-29-35(34-28-24-26-32-25-20-21-27-33(32)34)36(30-22-17-14-11-8-5-2)31-23-18-15-12-9-6-3/h20-21,24-28,35H,4-19,22-23,29-31H2,1-3H3. The fourth-order valence-corrected chi connectivity index (χ4v) is 6.28. The van der Waals surface area contributed by atoms with E-state index in [1.807, 2.05) is 0 Å². The molecule has 2 aromatic carbocycles. The van der Waals surface area contributed by atoms with Crippen molar-refractivity contribution in [3.63, 3.8) is 0 Å². The van der Waals surface area contributed by atoms with E-state index in [2.05, 4.69) is 63.2 Å². The Morgan fingerprint density at radius 3 is 1.56 bits per heavy atom. The third-order valence-electron chi connectivity index (χ3n) is 8.52. The van der Waals surface area contributed by atoms with Gasteiger partial charge in [0.15, 0.2) is 0 Å². The Morgan fingerprint density at radius 2 is 0.972 bits per heavy atom. The van der Waals surface area contributed by atoms with Crippen LogP contribution in [0.3, 0.4) is 0 Å². The van der Waals surface area contributed by atoms with Crippen LogP contribution in [0.25, 0.3) is 10.8 Å². The summed E-state index contributed by atoms with van der Waals surface area (Å²) in [7, 11) is 0. The topological polar surface area (TPSA) is 0 Å². The lowest BCUT2D eigenvalue weighted by molar-refractivity contribution is 0.577. The molecule has 0 radical (unpaired) electrons. The van der Waals surface area contributed by atoms with Crippen molar-refractivity contribution in [1.29, 1.82) is 0 Å². The lowest BCUT2D eigenvalue weighted by atomic mass is 9.34. The van der Waals surface area contributed by atoms with Gasteiger partial charge in [0.25, 0.3) is 0 Å². The van der Waals surface area contributed by atoms with Crippen molar-refractivity contribution in [3.05, 3.63) is 48.0 Å². The molecule has 0 aliphatic carbocycles. The molecule has 0 aromatic heterocycles. The number of hydrogen-bond acceptors (Lipinski definition) is 0. The molecule has 0 fully saturated rings. The van der Waals surface area contributed by atoms with Crippen LogP contribution < -0.4 is 0 Å². The minimum atomic E-state index is 0.730. The first kappa shape index (κ1) is 31.0. The van der Waals surface area contributed by atoms with Gasteiger partial charge in [0.1, 0.15) is 6.71 Å². The van der Waals surface area contributed by atoms with Gasteiger partial charge in [-0.15, -0.1) is 0 Å². The molecule has 2 rings (SSSR count). The molecule has 202 valence electrons. The molecule has 1 heteroatoms. The SMILES string of the molecule is CCCCCCCCB(CCCCCCCC)C(CCCCCCCC)c1cccc2ccccc12. The van der Waals surface area contributed by atoms with Gasteiger partial charge < -0.3 is 0 Å². The smallest absolute Gasteiger partial charge is 0.0736 e. The lowest BCUT2D eigenvalue weighted by Crippen LogP contribution is -2.24. The quantitative estimate of drug-likeness (QED) is 0.107. The molecule has 0 nitrogen and oxygen atoms in total. The second kappa shape index (κ2) is 20.8. The summed E-state index contributed by atoms with van der Waals surface area (Å²) in [5.41, 5.74) is 1.66. The van der Waals surface area contributed by atoms with Crippen LogP contribution in [-0.4, -0.2) is 6.71 Å². The van der Waals surface area contributed by atoms with Crippen molar-refractivity contribution in [2.24, 2.45) is 0 Å². The molecule has 2 aromatic rings. The highest BCUT2D eigenvalue weighted by Gasteiger charge is 2.27. The van der Waals surface area contributed by atoms with Crippen molar-refractivity contribution in [3.8, 4) is 0 Å². The van der Waals surface area contributed by atoms with Crippen LogP contribution in [0.1, 0.15) is 154 Å². The Morgan fingerprint density at radius 1 is 0.500 bits per heavy atom. The first-order valence-electron chi connectivity index (χ1n) is 16.3. The predicted molar refractivity (Wildman–Crippen MR) is 167 cm³/mol. The van der Waals surface area contributed by atoms with Gasteiger partial charge in [-0.25, -0.2) is 0 Å². The van der Waals surface area contributed by atoms with E-state index in [1.54, 1.807) is 5.56 Å². The largest absolute Gasteiger partial charge is 0.148 e. The van der Waals surface area contributed by atoms with Crippen LogP contribution in [0.5, 0.6) is 0 Å². The molecule has 0 heterocycles. The highest BCUT2D eigenvalue weighted by Crippen LogP contribution is 2.36. The van der Waals surface area contributed by atoms with Gasteiger partial charge in [0, 0.05) is 0 Å². The predicted octanol–water partition coefficient (Wildman–Crippen LogP) is 12.4. The molecule has 0 N–H and O–H groups in total. The van der Waals surface area contributed by atoms with Crippen LogP contribution in [0.2, 0.25) is 12.6 Å². The van der Waals surface area contributed by atoms with Crippen molar-refractivity contribution < 1.29 is 0 Å². The number of fused-ring (bicyclic) bond motifs is 1. The van der Waals surface area contributed by atoms with E-state index in [1.165, 1.54) is 145 Å². The molecule has 0 saturated heterocycles. The van der Waals surface area contributed by atoms with Gasteiger partial charge in [-0.3, -0.25) is 0 Å². The number of hydrogen-bond donors (Lipinski definition) is 0. The third kappa shape index (κ3) is 12.3. The Labute approximate surface area is 226 Å². The Hall–Kier alpha value is -1.24. The normalized spacial score (nSPS) is 12.3. The maximum absolute atomic E-state index is 2.49. The maximum Gasteiger partial charge on any atom is 0.148 e. The summed E-state index contributed by atoms with van der Waals surface area (Å²) >= 11 is 0. The van der Waals surface area contributed by atoms with E-state index in [4.69, 9.17) is 0 Å². The van der Waals surface area contributed by atoms with Gasteiger partial charge in [0.2, 0.25) is 0 Å². The van der Waals surface area contributed by atoms with E-state index < -0.39 is 0 Å². The second-order valence-corrected chi connectivity index (χ2v) is 11.6. The minimum Gasteiger partial charge on any atom is -0.0736 e. The highest BCUT2D eigenvalue weighted by molar-refractivity contribution is 6.60. The molecule has 0 amide bonds. The van der Waals surface area contributed by atoms with Crippen molar-refractivity contribution in [1.82, 2.24) is 0 Å². The first-order valence-corrected chi connectivity index (χ1v) is 16.3. The van der Waals surface area contributed by atoms with Crippen LogP contribution in [0, 0.1) is 0 Å². The van der Waals surface area contributed by atoms with Crippen molar-refractivity contribution >= 4 is 17.5 Å². The molecule has 36 heavy (non-hydrogen) atoms. The molecule has 1 unspecified atom stereocenters. The molecule has 0 aliphatic rings. The number of unbranched alkanes of at least 4 members (excludes halogenated alkanes) is 15. The monoisotopic (exact) mass is 490 g/mol. The van der Waals surface area contributed by atoms with Gasteiger partial charge in [-0.2, -0.15) is 0 Å². The summed E-state index contributed by atoms with van der Waals surface area (Å²) in [6.45, 7) is 7.83. The fourth-order valence-electron chi connectivity index (χ4n) is 6.28. The highest BCUT2D eigenvalue weighted by atomic mass is 14.1. The van der Waals surface area contributed by atoms with Crippen molar-refractivity contribution in [2.45, 2.75) is 161 Å². The summed E-state index contributed by atoms with van der Waals surface area (Å²) in [4.78, 5) is 0. The molecule has 0 saturated carbocycles. The lowest BCUT2D eigenvalue weighted by Gasteiger charge is -2.27. The molecular formula is C35H59B. The number of benzene rings is 2. The summed E-state index contributed by atoms with van der Waals surface area (Å²) in [6, 6.07) is 16.3. The third-order valence-corrected chi connectivity index (χ3v) is 8.52.